The van der Waals surface area contributed by atoms with Gasteiger partial charge >= 0.3 is 5.97 Å². The molecule has 3 aliphatic heterocycles. The van der Waals surface area contributed by atoms with Crippen LogP contribution in [0.25, 0.3) is 0 Å². The summed E-state index contributed by atoms with van der Waals surface area (Å²) in [5.74, 6) is -3.03. The second-order valence-corrected chi connectivity index (χ2v) is 8.28. The molecule has 10 heteroatoms. The number of hydrogen-bond donors (Lipinski definition) is 2. The predicted octanol–water partition coefficient (Wildman–Crippen LogP) is -0.473. The van der Waals surface area contributed by atoms with Crippen LogP contribution in [0.3, 0.4) is 0 Å². The van der Waals surface area contributed by atoms with Crippen molar-refractivity contribution in [2.75, 3.05) is 39.3 Å². The fraction of sp³-hybridized carbons (Fsp3) is 0.714. The summed E-state index contributed by atoms with van der Waals surface area (Å²) < 4.78 is 10.4. The Bertz CT molecular complexity index is 733. The van der Waals surface area contributed by atoms with E-state index < -0.39 is 41.9 Å². The molecule has 10 nitrogen and oxygen atoms in total. The lowest BCUT2D eigenvalue weighted by Crippen LogP contribution is -2.49. The van der Waals surface area contributed by atoms with Crippen LogP contribution in [0.1, 0.15) is 39.0 Å². The van der Waals surface area contributed by atoms with Crippen molar-refractivity contribution in [1.82, 2.24) is 15.1 Å². The minimum atomic E-state index is -0.987. The number of cyclic esters (lactones) is 1. The molecule has 2 fully saturated rings. The van der Waals surface area contributed by atoms with Gasteiger partial charge in [0.2, 0.25) is 24.0 Å². The van der Waals surface area contributed by atoms with Gasteiger partial charge < -0.3 is 25.4 Å². The molecule has 2 saturated heterocycles. The van der Waals surface area contributed by atoms with Crippen molar-refractivity contribution in [2.45, 2.75) is 51.4 Å². The number of nitrogens with one attached hydrogen (secondary N) is 1. The molecule has 3 unspecified atom stereocenters. The average Bonchev–Trinajstić information content (AvgIpc) is 2.98. The quantitative estimate of drug-likeness (QED) is 0.299. The Kier molecular flexibility index (Phi) is 8.03. The summed E-state index contributed by atoms with van der Waals surface area (Å²) in [6.07, 6.45) is 4.83. The highest BCUT2D eigenvalue weighted by atomic mass is 16.7. The van der Waals surface area contributed by atoms with E-state index in [1.807, 2.05) is 6.08 Å². The fourth-order valence-electron chi connectivity index (χ4n) is 4.28. The Labute approximate surface area is 182 Å². The van der Waals surface area contributed by atoms with Crippen LogP contribution < -0.4 is 11.1 Å². The van der Waals surface area contributed by atoms with Crippen LogP contribution in [-0.2, 0) is 28.7 Å². The zero-order chi connectivity index (χ0) is 22.4. The molecule has 3 aliphatic rings. The van der Waals surface area contributed by atoms with Gasteiger partial charge in [-0.1, -0.05) is 12.5 Å². The molecule has 0 bridgehead atoms. The molecule has 172 valence electrons. The van der Waals surface area contributed by atoms with Crippen LogP contribution in [0, 0.1) is 5.92 Å². The number of allylic oxidation sites excluding steroid dienone is 1. The molecule has 0 aromatic carbocycles. The first kappa shape index (κ1) is 23.2. The summed E-state index contributed by atoms with van der Waals surface area (Å²) in [6, 6.07) is -0.614. The van der Waals surface area contributed by atoms with Crippen LogP contribution in [0.15, 0.2) is 11.6 Å². The van der Waals surface area contributed by atoms with Crippen molar-refractivity contribution in [3.05, 3.63) is 11.6 Å². The van der Waals surface area contributed by atoms with Crippen LogP contribution >= 0.6 is 0 Å². The molecule has 3 rings (SSSR count). The van der Waals surface area contributed by atoms with Gasteiger partial charge in [0.1, 0.15) is 12.0 Å². The number of nitrogens with zero attached hydrogens (tertiary/aromatic N) is 2. The third-order valence-electron chi connectivity index (χ3n) is 5.84. The van der Waals surface area contributed by atoms with Crippen molar-refractivity contribution in [3.63, 3.8) is 0 Å². The number of carbonyl (C=O) groups is 4. The highest BCUT2D eigenvalue weighted by Gasteiger charge is 2.38. The number of carbonyl (C=O) groups excluding carboxylic acids is 4. The number of amides is 3. The number of ether oxygens (including phenoxy) is 2. The first-order valence-electron chi connectivity index (χ1n) is 11.0. The standard InChI is InChI=1S/C21H32N4O6/c1-2-30-21-16(10-18(27)31-21)23-17(26)13-25-12-14(11-24-8-4-3-5-9-24)6-7-15(19(22)28)20(25)29/h6,15-16,21H,2-5,7-13H2,1H3,(H2,22,28)(H,23,26). The zero-order valence-corrected chi connectivity index (χ0v) is 18.0. The van der Waals surface area contributed by atoms with Gasteiger partial charge in [-0.15, -0.1) is 0 Å². The van der Waals surface area contributed by atoms with Gasteiger partial charge in [0.15, 0.2) is 0 Å². The Morgan fingerprint density at radius 2 is 2.00 bits per heavy atom. The summed E-state index contributed by atoms with van der Waals surface area (Å²) in [6.45, 7) is 4.83. The van der Waals surface area contributed by atoms with Crippen molar-refractivity contribution in [3.8, 4) is 0 Å². The molecule has 0 saturated carbocycles. The Hall–Kier alpha value is -2.46. The Morgan fingerprint density at radius 1 is 1.26 bits per heavy atom. The molecule has 0 aromatic rings. The largest absolute Gasteiger partial charge is 0.433 e. The van der Waals surface area contributed by atoms with Crippen molar-refractivity contribution >= 4 is 23.7 Å². The SMILES string of the molecule is CCOC1OC(=O)CC1NC(=O)CN1CC(CN2CCCCC2)=CCC(C(N)=O)C1=O. The predicted molar refractivity (Wildman–Crippen MR) is 110 cm³/mol. The number of piperidine rings is 1. The molecule has 0 aliphatic carbocycles. The summed E-state index contributed by atoms with van der Waals surface area (Å²) in [4.78, 5) is 52.7. The third-order valence-corrected chi connectivity index (χ3v) is 5.84. The Morgan fingerprint density at radius 3 is 2.68 bits per heavy atom. The van der Waals surface area contributed by atoms with Crippen LogP contribution in [0.4, 0.5) is 0 Å². The summed E-state index contributed by atoms with van der Waals surface area (Å²) in [5, 5.41) is 2.72. The van der Waals surface area contributed by atoms with Gasteiger partial charge in [-0.3, -0.25) is 24.1 Å². The van der Waals surface area contributed by atoms with E-state index in [1.54, 1.807) is 6.92 Å². The van der Waals surface area contributed by atoms with Crippen LogP contribution in [0.5, 0.6) is 0 Å². The second kappa shape index (κ2) is 10.7. The summed E-state index contributed by atoms with van der Waals surface area (Å²) >= 11 is 0. The average molecular weight is 437 g/mol. The maximum Gasteiger partial charge on any atom is 0.310 e. The number of rotatable bonds is 8. The second-order valence-electron chi connectivity index (χ2n) is 8.28. The van der Waals surface area contributed by atoms with Gasteiger partial charge in [0, 0.05) is 19.7 Å². The maximum atomic E-state index is 12.9. The van der Waals surface area contributed by atoms with E-state index in [-0.39, 0.29) is 25.9 Å². The van der Waals surface area contributed by atoms with Gasteiger partial charge in [0.25, 0.3) is 0 Å². The van der Waals surface area contributed by atoms with E-state index in [2.05, 4.69) is 10.2 Å². The monoisotopic (exact) mass is 436 g/mol. The zero-order valence-electron chi connectivity index (χ0n) is 18.0. The molecule has 3 heterocycles. The molecule has 3 N–H and O–H groups in total. The molecular formula is C21H32N4O6. The van der Waals surface area contributed by atoms with E-state index in [9.17, 15) is 19.2 Å². The van der Waals surface area contributed by atoms with E-state index in [1.165, 1.54) is 11.3 Å². The lowest BCUT2D eigenvalue weighted by Gasteiger charge is -2.29. The number of esters is 1. The van der Waals surface area contributed by atoms with Crippen LogP contribution in [0.2, 0.25) is 0 Å². The number of primary amides is 1. The normalized spacial score (nSPS) is 27.5. The van der Waals surface area contributed by atoms with Crippen molar-refractivity contribution < 1.29 is 28.7 Å². The molecule has 3 amide bonds. The first-order valence-corrected chi connectivity index (χ1v) is 11.0. The van der Waals surface area contributed by atoms with Crippen molar-refractivity contribution in [1.29, 1.82) is 0 Å². The third kappa shape index (κ3) is 6.27. The van der Waals surface area contributed by atoms with E-state index in [0.717, 1.165) is 31.5 Å². The van der Waals surface area contributed by atoms with E-state index in [4.69, 9.17) is 15.2 Å². The first-order chi connectivity index (χ1) is 14.9. The minimum Gasteiger partial charge on any atom is -0.433 e. The smallest absolute Gasteiger partial charge is 0.310 e. The fourth-order valence-corrected chi connectivity index (χ4v) is 4.28. The number of nitrogens with two attached hydrogens (primary N) is 1. The number of likely N-dealkylation sites (tertiary alicyclic amines) is 1. The van der Waals surface area contributed by atoms with Gasteiger partial charge in [-0.05, 0) is 44.8 Å². The van der Waals surface area contributed by atoms with Gasteiger partial charge in [0.05, 0.1) is 13.0 Å². The molecule has 0 aromatic heterocycles. The molecule has 0 spiro atoms. The van der Waals surface area contributed by atoms with Gasteiger partial charge in [-0.25, -0.2) is 0 Å². The lowest BCUT2D eigenvalue weighted by molar-refractivity contribution is -0.164. The van der Waals surface area contributed by atoms with E-state index in [0.29, 0.717) is 13.2 Å². The highest BCUT2D eigenvalue weighted by molar-refractivity contribution is 6.01. The van der Waals surface area contributed by atoms with Crippen LogP contribution in [-0.4, -0.2) is 85.2 Å². The van der Waals surface area contributed by atoms with E-state index >= 15 is 0 Å². The summed E-state index contributed by atoms with van der Waals surface area (Å²) in [5.41, 5.74) is 6.45. The molecule has 0 radical (unpaired) electrons. The topological polar surface area (TPSA) is 131 Å². The van der Waals surface area contributed by atoms with Gasteiger partial charge in [-0.2, -0.15) is 0 Å². The molecular weight excluding hydrogens is 404 g/mol. The Balaban J connectivity index is 1.65. The lowest BCUT2D eigenvalue weighted by atomic mass is 10.0. The molecule has 3 atom stereocenters. The number of hydrogen-bond acceptors (Lipinski definition) is 7. The summed E-state index contributed by atoms with van der Waals surface area (Å²) in [7, 11) is 0. The maximum absolute atomic E-state index is 12.9. The highest BCUT2D eigenvalue weighted by Crippen LogP contribution is 2.20. The minimum absolute atomic E-state index is 0.00831. The van der Waals surface area contributed by atoms with Crippen molar-refractivity contribution in [2.24, 2.45) is 11.7 Å². The molecule has 31 heavy (non-hydrogen) atoms.